The standard InChI is InChI=1S/C20H26FN7O/c1-11-16(21)7-6-14-10-15(18(27-17(11)14)23-8-5-9-29-4)12(2)24-20-26-13(3)25-19(22)28-20/h6-7,10,12H,5,8-9H2,1-4H3,(H,23,27)(H3,22,24,25,26,28)/t12-/m0/s1. The van der Waals surface area contributed by atoms with Crippen LogP contribution in [-0.2, 0) is 4.74 Å². The summed E-state index contributed by atoms with van der Waals surface area (Å²) < 4.78 is 19.1. The summed E-state index contributed by atoms with van der Waals surface area (Å²) in [5.41, 5.74) is 7.80. The van der Waals surface area contributed by atoms with Gasteiger partial charge in [-0.2, -0.15) is 15.0 Å². The normalized spacial score (nSPS) is 12.2. The molecule has 8 nitrogen and oxygen atoms in total. The van der Waals surface area contributed by atoms with E-state index in [4.69, 9.17) is 15.5 Å². The summed E-state index contributed by atoms with van der Waals surface area (Å²) in [7, 11) is 1.67. The highest BCUT2D eigenvalue weighted by Crippen LogP contribution is 2.30. The van der Waals surface area contributed by atoms with Gasteiger partial charge in [-0.3, -0.25) is 0 Å². The van der Waals surface area contributed by atoms with Crippen molar-refractivity contribution < 1.29 is 9.13 Å². The molecule has 3 aromatic rings. The lowest BCUT2D eigenvalue weighted by Crippen LogP contribution is -2.16. The summed E-state index contributed by atoms with van der Waals surface area (Å²) in [5, 5.41) is 7.46. The van der Waals surface area contributed by atoms with Gasteiger partial charge in [0.05, 0.1) is 11.6 Å². The molecule has 0 spiro atoms. The molecule has 0 unspecified atom stereocenters. The summed E-state index contributed by atoms with van der Waals surface area (Å²) in [6, 6.07) is 5.02. The zero-order valence-corrected chi connectivity index (χ0v) is 17.1. The lowest BCUT2D eigenvalue weighted by atomic mass is 10.0. The number of pyridine rings is 1. The zero-order chi connectivity index (χ0) is 21.0. The number of nitrogens with two attached hydrogens (primary N) is 1. The number of nitrogen functional groups attached to an aromatic ring is 1. The average molecular weight is 399 g/mol. The molecule has 0 aliphatic rings. The highest BCUT2D eigenvalue weighted by Gasteiger charge is 2.17. The molecule has 3 rings (SSSR count). The Labute approximate surface area is 169 Å². The van der Waals surface area contributed by atoms with E-state index in [0.717, 1.165) is 17.4 Å². The fourth-order valence-electron chi connectivity index (χ4n) is 3.11. The first-order chi connectivity index (χ1) is 13.9. The molecule has 0 aliphatic carbocycles. The van der Waals surface area contributed by atoms with Crippen molar-refractivity contribution in [2.24, 2.45) is 0 Å². The van der Waals surface area contributed by atoms with Crippen LogP contribution in [0.1, 0.15) is 36.3 Å². The van der Waals surface area contributed by atoms with E-state index in [9.17, 15) is 4.39 Å². The van der Waals surface area contributed by atoms with E-state index in [-0.39, 0.29) is 17.8 Å². The molecular weight excluding hydrogens is 373 g/mol. The van der Waals surface area contributed by atoms with Crippen LogP contribution in [0.3, 0.4) is 0 Å². The lowest BCUT2D eigenvalue weighted by Gasteiger charge is -2.20. The van der Waals surface area contributed by atoms with Crippen molar-refractivity contribution >= 4 is 28.6 Å². The van der Waals surface area contributed by atoms with Crippen molar-refractivity contribution in [3.8, 4) is 0 Å². The van der Waals surface area contributed by atoms with E-state index in [1.54, 1.807) is 27.0 Å². The number of fused-ring (bicyclic) bond motifs is 1. The predicted molar refractivity (Wildman–Crippen MR) is 112 cm³/mol. The summed E-state index contributed by atoms with van der Waals surface area (Å²) in [6.07, 6.45) is 0.822. The Balaban J connectivity index is 1.97. The third-order valence-corrected chi connectivity index (χ3v) is 4.60. The first kappa shape index (κ1) is 20.7. The second-order valence-corrected chi connectivity index (χ2v) is 6.87. The molecule has 1 atom stereocenters. The molecule has 0 aliphatic heterocycles. The van der Waals surface area contributed by atoms with Gasteiger partial charge in [0.25, 0.3) is 0 Å². The van der Waals surface area contributed by atoms with E-state index >= 15 is 0 Å². The fourth-order valence-corrected chi connectivity index (χ4v) is 3.11. The Kier molecular flexibility index (Phi) is 6.38. The van der Waals surface area contributed by atoms with Crippen molar-refractivity contribution in [2.75, 3.05) is 36.6 Å². The smallest absolute Gasteiger partial charge is 0.228 e. The Bertz CT molecular complexity index is 992. The molecule has 0 radical (unpaired) electrons. The number of hydrogen-bond acceptors (Lipinski definition) is 8. The number of nitrogens with one attached hydrogen (secondary N) is 2. The maximum atomic E-state index is 14.0. The van der Waals surface area contributed by atoms with Gasteiger partial charge in [0.1, 0.15) is 17.5 Å². The number of nitrogens with zero attached hydrogens (tertiary/aromatic N) is 4. The van der Waals surface area contributed by atoms with Crippen LogP contribution >= 0.6 is 0 Å². The number of halogens is 1. The van der Waals surface area contributed by atoms with Crippen LogP contribution in [0, 0.1) is 19.7 Å². The molecule has 0 bridgehead atoms. The topological polar surface area (TPSA) is 111 Å². The van der Waals surface area contributed by atoms with Crippen LogP contribution < -0.4 is 16.4 Å². The third kappa shape index (κ3) is 4.86. The lowest BCUT2D eigenvalue weighted by molar-refractivity contribution is 0.197. The number of hydrogen-bond donors (Lipinski definition) is 3. The predicted octanol–water partition coefficient (Wildman–Crippen LogP) is 3.38. The second kappa shape index (κ2) is 8.95. The van der Waals surface area contributed by atoms with Crippen LogP contribution in [0.5, 0.6) is 0 Å². The molecule has 0 fully saturated rings. The Morgan fingerprint density at radius 3 is 2.69 bits per heavy atom. The molecule has 2 aromatic heterocycles. The number of ether oxygens (including phenoxy) is 1. The number of anilines is 3. The summed E-state index contributed by atoms with van der Waals surface area (Å²) in [4.78, 5) is 17.1. The Morgan fingerprint density at radius 2 is 1.97 bits per heavy atom. The molecule has 9 heteroatoms. The molecule has 2 heterocycles. The van der Waals surface area contributed by atoms with Crippen LogP contribution in [-0.4, -0.2) is 40.2 Å². The van der Waals surface area contributed by atoms with E-state index in [1.165, 1.54) is 6.07 Å². The van der Waals surface area contributed by atoms with Gasteiger partial charge in [0.2, 0.25) is 11.9 Å². The number of benzene rings is 1. The summed E-state index contributed by atoms with van der Waals surface area (Å²) >= 11 is 0. The fraction of sp³-hybridized carbons (Fsp3) is 0.400. The molecule has 0 saturated heterocycles. The average Bonchev–Trinajstić information content (AvgIpc) is 2.67. The molecule has 154 valence electrons. The minimum Gasteiger partial charge on any atom is -0.385 e. The van der Waals surface area contributed by atoms with Crippen molar-refractivity contribution in [3.63, 3.8) is 0 Å². The number of methoxy groups -OCH3 is 1. The monoisotopic (exact) mass is 399 g/mol. The highest BCUT2D eigenvalue weighted by molar-refractivity contribution is 5.85. The van der Waals surface area contributed by atoms with Gasteiger partial charge in [0, 0.05) is 36.8 Å². The van der Waals surface area contributed by atoms with Gasteiger partial charge in [-0.25, -0.2) is 9.37 Å². The number of aromatic nitrogens is 4. The summed E-state index contributed by atoms with van der Waals surface area (Å²) in [6.45, 7) is 6.79. The maximum absolute atomic E-state index is 14.0. The zero-order valence-electron chi connectivity index (χ0n) is 17.1. The Hall–Kier alpha value is -3.07. The first-order valence-corrected chi connectivity index (χ1v) is 9.46. The minimum absolute atomic E-state index is 0.160. The molecule has 29 heavy (non-hydrogen) atoms. The van der Waals surface area contributed by atoms with Crippen molar-refractivity contribution in [1.82, 2.24) is 19.9 Å². The highest BCUT2D eigenvalue weighted by atomic mass is 19.1. The number of rotatable bonds is 8. The van der Waals surface area contributed by atoms with E-state index in [2.05, 4.69) is 25.6 Å². The van der Waals surface area contributed by atoms with Gasteiger partial charge >= 0.3 is 0 Å². The second-order valence-electron chi connectivity index (χ2n) is 6.87. The van der Waals surface area contributed by atoms with Crippen LogP contribution in [0.4, 0.5) is 22.1 Å². The number of aryl methyl sites for hydroxylation is 2. The molecular formula is C20H26FN7O. The molecule has 0 amide bonds. The van der Waals surface area contributed by atoms with E-state index in [1.807, 2.05) is 13.0 Å². The first-order valence-electron chi connectivity index (χ1n) is 9.46. The molecule has 0 saturated carbocycles. The van der Waals surface area contributed by atoms with Gasteiger partial charge < -0.3 is 21.1 Å². The minimum atomic E-state index is -0.273. The van der Waals surface area contributed by atoms with Crippen LogP contribution in [0.2, 0.25) is 0 Å². The maximum Gasteiger partial charge on any atom is 0.228 e. The summed E-state index contributed by atoms with van der Waals surface area (Å²) in [5.74, 6) is 1.50. The van der Waals surface area contributed by atoms with Crippen molar-refractivity contribution in [2.45, 2.75) is 33.2 Å². The quantitative estimate of drug-likeness (QED) is 0.495. The third-order valence-electron chi connectivity index (χ3n) is 4.60. The van der Waals surface area contributed by atoms with Crippen LogP contribution in [0.25, 0.3) is 10.9 Å². The van der Waals surface area contributed by atoms with Gasteiger partial charge in [-0.15, -0.1) is 0 Å². The van der Waals surface area contributed by atoms with Crippen molar-refractivity contribution in [1.29, 1.82) is 0 Å². The van der Waals surface area contributed by atoms with Gasteiger partial charge in [-0.1, -0.05) is 0 Å². The SMILES string of the molecule is COCCCNc1nc2c(C)c(F)ccc2cc1[C@H](C)Nc1nc(C)nc(N)n1. The van der Waals surface area contributed by atoms with Crippen molar-refractivity contribution in [3.05, 3.63) is 41.0 Å². The largest absolute Gasteiger partial charge is 0.385 e. The van der Waals surface area contributed by atoms with Gasteiger partial charge in [0.15, 0.2) is 0 Å². The molecule has 4 N–H and O–H groups in total. The van der Waals surface area contributed by atoms with Gasteiger partial charge in [-0.05, 0) is 45.4 Å². The molecule has 1 aromatic carbocycles. The van der Waals surface area contributed by atoms with E-state index < -0.39 is 0 Å². The van der Waals surface area contributed by atoms with Crippen LogP contribution in [0.15, 0.2) is 18.2 Å². The van der Waals surface area contributed by atoms with E-state index in [0.29, 0.717) is 41.8 Å². The Morgan fingerprint density at radius 1 is 1.17 bits per heavy atom.